The second-order valence-electron chi connectivity index (χ2n) is 3.21. The van der Waals surface area contributed by atoms with Crippen molar-refractivity contribution in [1.29, 1.82) is 0 Å². The quantitative estimate of drug-likeness (QED) is 0.675. The number of hydrogen-bond donors (Lipinski definition) is 0. The number of ether oxygens (including phenoxy) is 1. The molecule has 2 aromatic rings. The van der Waals surface area contributed by atoms with Crippen LogP contribution in [-0.4, -0.2) is 32.6 Å². The lowest BCUT2D eigenvalue weighted by atomic mass is 10.5. The molecule has 0 radical (unpaired) electrons. The fourth-order valence-corrected chi connectivity index (χ4v) is 1.26. The number of esters is 1. The van der Waals surface area contributed by atoms with E-state index in [1.807, 2.05) is 0 Å². The molecule has 0 aromatic carbocycles. The van der Waals surface area contributed by atoms with Crippen molar-refractivity contribution in [3.05, 3.63) is 40.9 Å². The predicted molar refractivity (Wildman–Crippen MR) is 57.6 cm³/mol. The monoisotopic (exact) mass is 234 g/mol. The molecule has 0 aliphatic rings. The molecule has 7 heteroatoms. The second-order valence-corrected chi connectivity index (χ2v) is 3.21. The first-order chi connectivity index (χ1) is 8.20. The van der Waals surface area contributed by atoms with Gasteiger partial charge in [0.15, 0.2) is 5.82 Å². The number of carbonyl (C=O) groups excluding carboxylic acids is 1. The summed E-state index contributed by atoms with van der Waals surface area (Å²) in [5, 5.41) is 7.99. The molecule has 17 heavy (non-hydrogen) atoms. The molecular formula is C10H10N4O3. The molecule has 0 N–H and O–H groups in total. The molecule has 7 nitrogen and oxygen atoms in total. The number of methoxy groups -OCH3 is 1. The van der Waals surface area contributed by atoms with Gasteiger partial charge in [-0.25, -0.2) is 9.36 Å². The Morgan fingerprint density at radius 2 is 2.29 bits per heavy atom. The highest BCUT2D eigenvalue weighted by atomic mass is 16.5. The number of aromatic nitrogens is 4. The molecule has 2 rings (SSSR count). The van der Waals surface area contributed by atoms with Crippen LogP contribution in [0.3, 0.4) is 0 Å². The lowest BCUT2D eigenvalue weighted by Crippen LogP contribution is -2.27. The minimum atomic E-state index is -0.530. The van der Waals surface area contributed by atoms with Crippen LogP contribution in [0.1, 0.15) is 0 Å². The Balaban J connectivity index is 2.36. The highest BCUT2D eigenvalue weighted by molar-refractivity contribution is 5.68. The van der Waals surface area contributed by atoms with E-state index in [4.69, 9.17) is 0 Å². The standard InChI is InChI=1S/C10H10N4O3/c1-17-10(16)7-14-9(15)4-3-8(12-14)13-6-2-5-11-13/h2-6H,7H2,1H3. The number of nitrogens with zero attached hydrogens (tertiary/aromatic N) is 4. The van der Waals surface area contributed by atoms with Crippen LogP contribution in [-0.2, 0) is 16.1 Å². The molecule has 2 heterocycles. The molecule has 2 aromatic heterocycles. The first-order valence-corrected chi connectivity index (χ1v) is 4.85. The zero-order valence-corrected chi connectivity index (χ0v) is 9.11. The Morgan fingerprint density at radius 3 is 2.94 bits per heavy atom. The zero-order chi connectivity index (χ0) is 12.3. The molecule has 0 bridgehead atoms. The minimum Gasteiger partial charge on any atom is -0.468 e. The van der Waals surface area contributed by atoms with Crippen molar-refractivity contribution in [1.82, 2.24) is 19.6 Å². The Labute approximate surface area is 96.2 Å². The van der Waals surface area contributed by atoms with Gasteiger partial charge in [-0.2, -0.15) is 5.10 Å². The van der Waals surface area contributed by atoms with Crippen molar-refractivity contribution >= 4 is 5.97 Å². The molecule has 0 atom stereocenters. The normalized spacial score (nSPS) is 10.2. The number of carbonyl (C=O) groups is 1. The van der Waals surface area contributed by atoms with Crippen LogP contribution in [0, 0.1) is 0 Å². The molecule has 0 saturated carbocycles. The fraction of sp³-hybridized carbons (Fsp3) is 0.200. The van der Waals surface area contributed by atoms with E-state index >= 15 is 0 Å². The average molecular weight is 234 g/mol. The molecule has 88 valence electrons. The van der Waals surface area contributed by atoms with Gasteiger partial charge in [0.25, 0.3) is 5.56 Å². The molecule has 0 saturated heterocycles. The number of hydrogen-bond acceptors (Lipinski definition) is 5. The molecule has 0 aliphatic heterocycles. The predicted octanol–water partition coefficient (Wildman–Crippen LogP) is -0.398. The van der Waals surface area contributed by atoms with Gasteiger partial charge in [-0.15, -0.1) is 5.10 Å². The van der Waals surface area contributed by atoms with Crippen molar-refractivity contribution in [2.24, 2.45) is 0 Å². The van der Waals surface area contributed by atoms with Gasteiger partial charge in [-0.1, -0.05) is 0 Å². The van der Waals surface area contributed by atoms with Crippen molar-refractivity contribution in [3.8, 4) is 5.82 Å². The Bertz CT molecular complexity index is 573. The summed E-state index contributed by atoms with van der Waals surface area (Å²) in [4.78, 5) is 22.5. The third-order valence-electron chi connectivity index (χ3n) is 2.10. The van der Waals surface area contributed by atoms with Crippen LogP contribution < -0.4 is 5.56 Å². The Kier molecular flexibility index (Phi) is 2.99. The SMILES string of the molecule is COC(=O)Cn1nc(-n2cccn2)ccc1=O. The highest BCUT2D eigenvalue weighted by Gasteiger charge is 2.07. The third-order valence-corrected chi connectivity index (χ3v) is 2.10. The lowest BCUT2D eigenvalue weighted by Gasteiger charge is -2.05. The van der Waals surface area contributed by atoms with E-state index in [9.17, 15) is 9.59 Å². The van der Waals surface area contributed by atoms with Crippen molar-refractivity contribution in [2.45, 2.75) is 6.54 Å². The van der Waals surface area contributed by atoms with E-state index in [0.29, 0.717) is 5.82 Å². The van der Waals surface area contributed by atoms with Gasteiger partial charge in [0.2, 0.25) is 0 Å². The maximum absolute atomic E-state index is 11.5. The first kappa shape index (κ1) is 11.1. The molecule has 0 unspecified atom stereocenters. The lowest BCUT2D eigenvalue weighted by molar-refractivity contribution is -0.141. The summed E-state index contributed by atoms with van der Waals surface area (Å²) < 4.78 is 7.00. The molecule has 0 amide bonds. The van der Waals surface area contributed by atoms with E-state index in [-0.39, 0.29) is 12.1 Å². The third kappa shape index (κ3) is 2.39. The largest absolute Gasteiger partial charge is 0.468 e. The second kappa shape index (κ2) is 4.60. The van der Waals surface area contributed by atoms with Crippen LogP contribution in [0.5, 0.6) is 0 Å². The van der Waals surface area contributed by atoms with Gasteiger partial charge in [-0.3, -0.25) is 9.59 Å². The van der Waals surface area contributed by atoms with E-state index in [1.54, 1.807) is 18.5 Å². The summed E-state index contributed by atoms with van der Waals surface area (Å²) in [6.45, 7) is -0.218. The molecule has 0 fully saturated rings. The molecular weight excluding hydrogens is 224 g/mol. The van der Waals surface area contributed by atoms with E-state index in [1.165, 1.54) is 23.9 Å². The summed E-state index contributed by atoms with van der Waals surface area (Å²) in [7, 11) is 1.25. The summed E-state index contributed by atoms with van der Waals surface area (Å²) in [5.74, 6) is -0.0734. The maximum atomic E-state index is 11.5. The fourth-order valence-electron chi connectivity index (χ4n) is 1.26. The summed E-state index contributed by atoms with van der Waals surface area (Å²) in [5.41, 5.74) is -0.369. The summed E-state index contributed by atoms with van der Waals surface area (Å²) in [6.07, 6.45) is 3.28. The topological polar surface area (TPSA) is 79.0 Å². The Hall–Kier alpha value is -2.44. The highest BCUT2D eigenvalue weighted by Crippen LogP contribution is 1.98. The molecule has 0 aliphatic carbocycles. The molecule has 0 spiro atoms. The minimum absolute atomic E-state index is 0.218. The van der Waals surface area contributed by atoms with Crippen molar-refractivity contribution < 1.29 is 9.53 Å². The van der Waals surface area contributed by atoms with Gasteiger partial charge in [0.1, 0.15) is 6.54 Å². The van der Waals surface area contributed by atoms with Crippen LogP contribution in [0.4, 0.5) is 0 Å². The van der Waals surface area contributed by atoms with Crippen LogP contribution in [0.25, 0.3) is 5.82 Å². The maximum Gasteiger partial charge on any atom is 0.327 e. The average Bonchev–Trinajstić information content (AvgIpc) is 2.85. The summed E-state index contributed by atoms with van der Waals surface area (Å²) in [6, 6.07) is 4.59. The zero-order valence-electron chi connectivity index (χ0n) is 9.11. The number of rotatable bonds is 3. The van der Waals surface area contributed by atoms with Crippen molar-refractivity contribution in [2.75, 3.05) is 7.11 Å². The van der Waals surface area contributed by atoms with Crippen LogP contribution in [0.2, 0.25) is 0 Å². The van der Waals surface area contributed by atoms with Crippen LogP contribution in [0.15, 0.2) is 35.4 Å². The van der Waals surface area contributed by atoms with Gasteiger partial charge < -0.3 is 4.74 Å². The van der Waals surface area contributed by atoms with Crippen LogP contribution >= 0.6 is 0 Å². The van der Waals surface area contributed by atoms with E-state index in [0.717, 1.165) is 4.68 Å². The van der Waals surface area contributed by atoms with Gasteiger partial charge in [0, 0.05) is 18.5 Å². The summed E-state index contributed by atoms with van der Waals surface area (Å²) >= 11 is 0. The van der Waals surface area contributed by atoms with E-state index < -0.39 is 5.97 Å². The first-order valence-electron chi connectivity index (χ1n) is 4.85. The van der Waals surface area contributed by atoms with Gasteiger partial charge in [0.05, 0.1) is 7.11 Å². The van der Waals surface area contributed by atoms with Crippen molar-refractivity contribution in [3.63, 3.8) is 0 Å². The smallest absolute Gasteiger partial charge is 0.327 e. The van der Waals surface area contributed by atoms with E-state index in [2.05, 4.69) is 14.9 Å². The Morgan fingerprint density at radius 1 is 1.47 bits per heavy atom. The van der Waals surface area contributed by atoms with Gasteiger partial charge in [-0.05, 0) is 12.1 Å². The van der Waals surface area contributed by atoms with Gasteiger partial charge >= 0.3 is 5.97 Å².